The van der Waals surface area contributed by atoms with Crippen LogP contribution in [0.25, 0.3) is 0 Å². The van der Waals surface area contributed by atoms with Crippen LogP contribution in [0.15, 0.2) is 24.3 Å². The largest absolute Gasteiger partial charge is 0.337 e. The van der Waals surface area contributed by atoms with Crippen LogP contribution in [0.4, 0.5) is 0 Å². The SMILES string of the molecule is Cc1cccc(C(=O)N2CCCN(CC(=O)N3C(C)CCCC3C)CC2)c1. The molecule has 3 rings (SSSR count). The normalized spacial score (nSPS) is 24.6. The summed E-state index contributed by atoms with van der Waals surface area (Å²) in [6.07, 6.45) is 4.34. The Balaban J connectivity index is 1.56. The Labute approximate surface area is 163 Å². The van der Waals surface area contributed by atoms with E-state index >= 15 is 0 Å². The Morgan fingerprint density at radius 2 is 1.74 bits per heavy atom. The topological polar surface area (TPSA) is 43.9 Å². The lowest BCUT2D eigenvalue weighted by Gasteiger charge is -2.40. The Morgan fingerprint density at radius 1 is 1.00 bits per heavy atom. The summed E-state index contributed by atoms with van der Waals surface area (Å²) in [5.74, 6) is 0.346. The third-order valence-electron chi connectivity index (χ3n) is 5.98. The zero-order valence-corrected chi connectivity index (χ0v) is 17.0. The Morgan fingerprint density at radius 3 is 2.44 bits per heavy atom. The van der Waals surface area contributed by atoms with E-state index in [9.17, 15) is 9.59 Å². The van der Waals surface area contributed by atoms with E-state index in [0.717, 1.165) is 50.0 Å². The van der Waals surface area contributed by atoms with E-state index in [0.29, 0.717) is 25.2 Å². The number of nitrogens with zero attached hydrogens (tertiary/aromatic N) is 3. The predicted molar refractivity (Wildman–Crippen MR) is 108 cm³/mol. The lowest BCUT2D eigenvalue weighted by Crippen LogP contribution is -2.51. The van der Waals surface area contributed by atoms with Crippen LogP contribution >= 0.6 is 0 Å². The molecule has 0 bridgehead atoms. The van der Waals surface area contributed by atoms with Crippen molar-refractivity contribution in [3.8, 4) is 0 Å². The van der Waals surface area contributed by atoms with Gasteiger partial charge in [0.25, 0.3) is 5.91 Å². The van der Waals surface area contributed by atoms with Crippen molar-refractivity contribution in [2.45, 2.75) is 58.5 Å². The highest BCUT2D eigenvalue weighted by Crippen LogP contribution is 2.23. The van der Waals surface area contributed by atoms with Gasteiger partial charge in [-0.1, -0.05) is 17.7 Å². The van der Waals surface area contributed by atoms with Crippen molar-refractivity contribution in [3.05, 3.63) is 35.4 Å². The summed E-state index contributed by atoms with van der Waals surface area (Å²) in [6, 6.07) is 8.47. The van der Waals surface area contributed by atoms with Crippen molar-refractivity contribution in [1.82, 2.24) is 14.7 Å². The van der Waals surface area contributed by atoms with E-state index in [4.69, 9.17) is 0 Å². The molecule has 2 unspecified atom stereocenters. The molecule has 0 radical (unpaired) electrons. The minimum Gasteiger partial charge on any atom is -0.337 e. The second kappa shape index (κ2) is 8.87. The van der Waals surface area contributed by atoms with Crippen LogP contribution in [0.3, 0.4) is 0 Å². The van der Waals surface area contributed by atoms with Gasteiger partial charge >= 0.3 is 0 Å². The first-order valence-corrected chi connectivity index (χ1v) is 10.3. The molecule has 2 heterocycles. The van der Waals surface area contributed by atoms with Gasteiger partial charge in [-0.3, -0.25) is 14.5 Å². The van der Waals surface area contributed by atoms with Gasteiger partial charge in [0.05, 0.1) is 6.54 Å². The van der Waals surface area contributed by atoms with E-state index in [2.05, 4.69) is 23.6 Å². The zero-order valence-electron chi connectivity index (χ0n) is 17.0. The Hall–Kier alpha value is -1.88. The first kappa shape index (κ1) is 19.9. The molecule has 1 aromatic carbocycles. The molecule has 0 spiro atoms. The summed E-state index contributed by atoms with van der Waals surface area (Å²) in [5.41, 5.74) is 1.86. The number of hydrogen-bond donors (Lipinski definition) is 0. The average Bonchev–Trinajstić information content (AvgIpc) is 2.86. The average molecular weight is 372 g/mol. The smallest absolute Gasteiger partial charge is 0.253 e. The van der Waals surface area contributed by atoms with Crippen LogP contribution in [-0.4, -0.2) is 71.3 Å². The maximum Gasteiger partial charge on any atom is 0.253 e. The van der Waals surface area contributed by atoms with E-state index in [1.54, 1.807) is 0 Å². The molecule has 0 aliphatic carbocycles. The molecular formula is C22H33N3O2. The van der Waals surface area contributed by atoms with Gasteiger partial charge < -0.3 is 9.80 Å². The van der Waals surface area contributed by atoms with Crippen LogP contribution < -0.4 is 0 Å². The molecule has 0 N–H and O–H groups in total. The molecule has 0 aromatic heterocycles. The van der Waals surface area contributed by atoms with Gasteiger partial charge in [0, 0.05) is 43.8 Å². The molecule has 5 heteroatoms. The van der Waals surface area contributed by atoms with Crippen LogP contribution in [0.1, 0.15) is 55.5 Å². The number of hydrogen-bond acceptors (Lipinski definition) is 3. The van der Waals surface area contributed by atoms with E-state index in [1.165, 1.54) is 6.42 Å². The number of rotatable bonds is 3. The van der Waals surface area contributed by atoms with Crippen molar-refractivity contribution in [2.75, 3.05) is 32.7 Å². The highest BCUT2D eigenvalue weighted by Gasteiger charge is 2.30. The quantitative estimate of drug-likeness (QED) is 0.821. The second-order valence-corrected chi connectivity index (χ2v) is 8.22. The van der Waals surface area contributed by atoms with Crippen LogP contribution in [0.2, 0.25) is 0 Å². The molecule has 0 saturated carbocycles. The van der Waals surface area contributed by atoms with Gasteiger partial charge in [0.15, 0.2) is 0 Å². The Kier molecular flexibility index (Phi) is 6.53. The number of carbonyl (C=O) groups is 2. The number of piperidine rings is 1. The maximum absolute atomic E-state index is 12.9. The van der Waals surface area contributed by atoms with Crippen molar-refractivity contribution in [3.63, 3.8) is 0 Å². The molecule has 148 valence electrons. The minimum absolute atomic E-state index is 0.102. The molecule has 27 heavy (non-hydrogen) atoms. The molecule has 2 saturated heterocycles. The van der Waals surface area contributed by atoms with Gasteiger partial charge in [-0.25, -0.2) is 0 Å². The standard InChI is InChI=1S/C22H33N3O2/c1-17-7-4-10-20(15-17)22(27)24-12-6-11-23(13-14-24)16-21(26)25-18(2)8-5-9-19(25)3/h4,7,10,15,18-19H,5-6,8-9,11-14,16H2,1-3H3. The highest BCUT2D eigenvalue weighted by atomic mass is 16.2. The molecule has 2 aliphatic rings. The summed E-state index contributed by atoms with van der Waals surface area (Å²) in [6.45, 7) is 9.89. The van der Waals surface area contributed by atoms with Gasteiger partial charge in [0.2, 0.25) is 5.91 Å². The fourth-order valence-electron chi connectivity index (χ4n) is 4.48. The van der Waals surface area contributed by atoms with Crippen LogP contribution in [-0.2, 0) is 4.79 Å². The van der Waals surface area contributed by atoms with Crippen LogP contribution in [0.5, 0.6) is 0 Å². The summed E-state index contributed by atoms with van der Waals surface area (Å²) in [7, 11) is 0. The van der Waals surface area contributed by atoms with Crippen molar-refractivity contribution < 1.29 is 9.59 Å². The summed E-state index contributed by atoms with van der Waals surface area (Å²) < 4.78 is 0. The van der Waals surface area contributed by atoms with Gasteiger partial charge in [-0.05, 0) is 58.6 Å². The van der Waals surface area contributed by atoms with Crippen molar-refractivity contribution >= 4 is 11.8 Å². The molecule has 1 aromatic rings. The first-order valence-electron chi connectivity index (χ1n) is 10.3. The first-order chi connectivity index (χ1) is 13.0. The lowest BCUT2D eigenvalue weighted by molar-refractivity contribution is -0.138. The monoisotopic (exact) mass is 371 g/mol. The number of likely N-dealkylation sites (tertiary alicyclic amines) is 1. The summed E-state index contributed by atoms with van der Waals surface area (Å²) >= 11 is 0. The van der Waals surface area contributed by atoms with Crippen molar-refractivity contribution in [1.29, 1.82) is 0 Å². The summed E-state index contributed by atoms with van der Waals surface area (Å²) in [4.78, 5) is 31.9. The van der Waals surface area contributed by atoms with Gasteiger partial charge in [-0.15, -0.1) is 0 Å². The van der Waals surface area contributed by atoms with Crippen molar-refractivity contribution in [2.24, 2.45) is 0 Å². The molecular weight excluding hydrogens is 338 g/mol. The van der Waals surface area contributed by atoms with Gasteiger partial charge in [0.1, 0.15) is 0 Å². The summed E-state index contributed by atoms with van der Waals surface area (Å²) in [5, 5.41) is 0. The highest BCUT2D eigenvalue weighted by molar-refractivity contribution is 5.94. The fourth-order valence-corrected chi connectivity index (χ4v) is 4.48. The minimum atomic E-state index is 0.102. The van der Waals surface area contributed by atoms with Crippen LogP contribution in [0, 0.1) is 6.92 Å². The number of amides is 2. The second-order valence-electron chi connectivity index (χ2n) is 8.22. The van der Waals surface area contributed by atoms with E-state index < -0.39 is 0 Å². The molecule has 2 aliphatic heterocycles. The molecule has 2 atom stereocenters. The molecule has 2 fully saturated rings. The predicted octanol–water partition coefficient (Wildman–Crippen LogP) is 2.93. The third kappa shape index (κ3) is 4.89. The molecule has 5 nitrogen and oxygen atoms in total. The van der Waals surface area contributed by atoms with E-state index in [1.807, 2.05) is 36.1 Å². The maximum atomic E-state index is 12.9. The lowest BCUT2D eigenvalue weighted by atomic mass is 9.97. The molecule has 2 amide bonds. The van der Waals surface area contributed by atoms with E-state index in [-0.39, 0.29) is 11.8 Å². The number of benzene rings is 1. The number of aryl methyl sites for hydroxylation is 1. The fraction of sp³-hybridized carbons (Fsp3) is 0.636. The van der Waals surface area contributed by atoms with Gasteiger partial charge in [-0.2, -0.15) is 0 Å². The number of carbonyl (C=O) groups excluding carboxylic acids is 2. The zero-order chi connectivity index (χ0) is 19.4. The Bertz CT molecular complexity index is 665. The third-order valence-corrected chi connectivity index (χ3v) is 5.98.